The summed E-state index contributed by atoms with van der Waals surface area (Å²) >= 11 is 0. The number of likely N-dealkylation sites (tertiary alicyclic amines) is 1. The summed E-state index contributed by atoms with van der Waals surface area (Å²) in [6.07, 6.45) is 3.89. The number of hydrogen-bond donors (Lipinski definition) is 2. The number of halogens is 1. The highest BCUT2D eigenvalue weighted by atomic mass is 35.5. The van der Waals surface area contributed by atoms with Gasteiger partial charge in [-0.05, 0) is 50.6 Å². The summed E-state index contributed by atoms with van der Waals surface area (Å²) in [5.74, 6) is 0.262. The van der Waals surface area contributed by atoms with Crippen LogP contribution in [0.2, 0.25) is 0 Å². The van der Waals surface area contributed by atoms with Crippen molar-refractivity contribution >= 4 is 29.9 Å². The third-order valence-corrected chi connectivity index (χ3v) is 5.09. The lowest BCUT2D eigenvalue weighted by molar-refractivity contribution is -0.122. The molecule has 6 nitrogen and oxygen atoms in total. The highest BCUT2D eigenvalue weighted by molar-refractivity contribution is 5.95. The Hall–Kier alpha value is -1.63. The molecular weight excluding hydrogens is 352 g/mol. The second-order valence-electron chi connectivity index (χ2n) is 6.96. The summed E-state index contributed by atoms with van der Waals surface area (Å²) in [6, 6.07) is 8.39. The first-order chi connectivity index (χ1) is 12.2. The van der Waals surface area contributed by atoms with E-state index in [0.717, 1.165) is 43.7 Å². The first-order valence-electron chi connectivity index (χ1n) is 9.21. The van der Waals surface area contributed by atoms with Gasteiger partial charge in [-0.2, -0.15) is 0 Å². The van der Waals surface area contributed by atoms with E-state index in [9.17, 15) is 9.59 Å². The van der Waals surface area contributed by atoms with Crippen molar-refractivity contribution in [2.45, 2.75) is 38.3 Å². The first-order valence-corrected chi connectivity index (χ1v) is 9.21. The van der Waals surface area contributed by atoms with E-state index in [-0.39, 0.29) is 24.2 Å². The molecule has 1 aromatic rings. The van der Waals surface area contributed by atoms with Crippen LogP contribution in [0.4, 0.5) is 5.69 Å². The van der Waals surface area contributed by atoms with Crippen LogP contribution in [0.25, 0.3) is 0 Å². The van der Waals surface area contributed by atoms with Crippen molar-refractivity contribution < 1.29 is 9.59 Å². The van der Waals surface area contributed by atoms with Gasteiger partial charge in [-0.25, -0.2) is 0 Å². The normalized spacial score (nSPS) is 20.7. The lowest BCUT2D eigenvalue weighted by Gasteiger charge is -2.31. The van der Waals surface area contributed by atoms with E-state index in [1.54, 1.807) is 0 Å². The van der Waals surface area contributed by atoms with Gasteiger partial charge in [0.25, 0.3) is 0 Å². The highest BCUT2D eigenvalue weighted by Gasteiger charge is 2.22. The van der Waals surface area contributed by atoms with Crippen LogP contribution in [0, 0.1) is 0 Å². The first kappa shape index (κ1) is 20.7. The SMILES string of the molecule is CNC1CCCN(CC(=O)NCc2ccc(N3CCCC3=O)cc2)C1.Cl. The van der Waals surface area contributed by atoms with Crippen molar-refractivity contribution in [1.82, 2.24) is 15.5 Å². The number of benzene rings is 1. The molecule has 3 rings (SSSR count). The Morgan fingerprint density at radius 3 is 2.62 bits per heavy atom. The van der Waals surface area contributed by atoms with E-state index in [0.29, 0.717) is 25.6 Å². The molecule has 2 saturated heterocycles. The third-order valence-electron chi connectivity index (χ3n) is 5.09. The van der Waals surface area contributed by atoms with Gasteiger partial charge in [0.15, 0.2) is 0 Å². The van der Waals surface area contributed by atoms with Crippen molar-refractivity contribution in [3.8, 4) is 0 Å². The summed E-state index contributed by atoms with van der Waals surface area (Å²) in [7, 11) is 1.98. The Morgan fingerprint density at radius 1 is 1.19 bits per heavy atom. The third kappa shape index (κ3) is 5.43. The molecule has 2 amide bonds. The molecule has 2 fully saturated rings. The van der Waals surface area contributed by atoms with Gasteiger partial charge < -0.3 is 15.5 Å². The predicted octanol–water partition coefficient (Wildman–Crippen LogP) is 1.54. The number of carbonyl (C=O) groups is 2. The minimum Gasteiger partial charge on any atom is -0.351 e. The Kier molecular flexibility index (Phi) is 7.87. The standard InChI is InChI=1S/C19H28N4O2.ClH/c1-20-16-4-2-10-22(13-16)14-18(24)21-12-15-6-8-17(9-7-15)23-11-3-5-19(23)25;/h6-9,16,20H,2-5,10-14H2,1H3,(H,21,24);1H. The van der Waals surface area contributed by atoms with E-state index in [4.69, 9.17) is 0 Å². The van der Waals surface area contributed by atoms with Crippen molar-refractivity contribution in [3.63, 3.8) is 0 Å². The van der Waals surface area contributed by atoms with Gasteiger partial charge in [-0.15, -0.1) is 12.4 Å². The largest absolute Gasteiger partial charge is 0.351 e. The van der Waals surface area contributed by atoms with Crippen molar-refractivity contribution in [2.75, 3.05) is 38.1 Å². The molecule has 144 valence electrons. The molecule has 2 heterocycles. The highest BCUT2D eigenvalue weighted by Crippen LogP contribution is 2.21. The Balaban J connectivity index is 0.00000243. The fourth-order valence-electron chi connectivity index (χ4n) is 3.61. The van der Waals surface area contributed by atoms with Crippen LogP contribution in [0.5, 0.6) is 0 Å². The van der Waals surface area contributed by atoms with E-state index in [1.165, 1.54) is 6.42 Å². The fourth-order valence-corrected chi connectivity index (χ4v) is 3.61. The van der Waals surface area contributed by atoms with Gasteiger partial charge in [0.05, 0.1) is 6.54 Å². The van der Waals surface area contributed by atoms with Crippen molar-refractivity contribution in [2.24, 2.45) is 0 Å². The van der Waals surface area contributed by atoms with Crippen LogP contribution in [0.1, 0.15) is 31.2 Å². The summed E-state index contributed by atoms with van der Waals surface area (Å²) in [5, 5.41) is 6.29. The smallest absolute Gasteiger partial charge is 0.234 e. The van der Waals surface area contributed by atoms with E-state index in [1.807, 2.05) is 36.2 Å². The Labute approximate surface area is 161 Å². The molecule has 0 spiro atoms. The second kappa shape index (κ2) is 9.90. The molecule has 0 bridgehead atoms. The number of hydrogen-bond acceptors (Lipinski definition) is 4. The molecule has 2 aliphatic rings. The van der Waals surface area contributed by atoms with Crippen LogP contribution < -0.4 is 15.5 Å². The monoisotopic (exact) mass is 380 g/mol. The van der Waals surface area contributed by atoms with Crippen LogP contribution in [0.3, 0.4) is 0 Å². The van der Waals surface area contributed by atoms with E-state index in [2.05, 4.69) is 15.5 Å². The van der Waals surface area contributed by atoms with Gasteiger partial charge >= 0.3 is 0 Å². The van der Waals surface area contributed by atoms with Crippen LogP contribution in [0.15, 0.2) is 24.3 Å². The minimum atomic E-state index is 0. The molecule has 0 radical (unpaired) electrons. The summed E-state index contributed by atoms with van der Waals surface area (Å²) in [4.78, 5) is 28.0. The topological polar surface area (TPSA) is 64.7 Å². The van der Waals surface area contributed by atoms with Crippen molar-refractivity contribution in [1.29, 1.82) is 0 Å². The quantitative estimate of drug-likeness (QED) is 0.785. The average Bonchev–Trinajstić information content (AvgIpc) is 3.06. The molecule has 1 atom stereocenters. The van der Waals surface area contributed by atoms with Gasteiger partial charge in [0, 0.05) is 37.8 Å². The van der Waals surface area contributed by atoms with E-state index < -0.39 is 0 Å². The summed E-state index contributed by atoms with van der Waals surface area (Å²) < 4.78 is 0. The molecule has 0 aromatic heterocycles. The number of anilines is 1. The van der Waals surface area contributed by atoms with E-state index >= 15 is 0 Å². The fraction of sp³-hybridized carbons (Fsp3) is 0.579. The van der Waals surface area contributed by atoms with Crippen molar-refractivity contribution in [3.05, 3.63) is 29.8 Å². The minimum absolute atomic E-state index is 0. The van der Waals surface area contributed by atoms with Crippen LogP contribution in [-0.4, -0.2) is 56.0 Å². The van der Waals surface area contributed by atoms with Gasteiger partial charge in [0.2, 0.25) is 11.8 Å². The lowest BCUT2D eigenvalue weighted by atomic mass is 10.1. The number of piperidine rings is 1. The molecule has 1 unspecified atom stereocenters. The molecule has 7 heteroatoms. The van der Waals surface area contributed by atoms with Gasteiger partial charge in [-0.3, -0.25) is 14.5 Å². The maximum absolute atomic E-state index is 12.2. The lowest BCUT2D eigenvalue weighted by Crippen LogP contribution is -2.47. The molecule has 0 saturated carbocycles. The zero-order chi connectivity index (χ0) is 17.6. The molecule has 0 aliphatic carbocycles. The average molecular weight is 381 g/mol. The number of carbonyl (C=O) groups excluding carboxylic acids is 2. The summed E-state index contributed by atoms with van der Waals surface area (Å²) in [6.45, 7) is 3.71. The zero-order valence-electron chi connectivity index (χ0n) is 15.4. The molecular formula is C19H29ClN4O2. The Morgan fingerprint density at radius 2 is 1.96 bits per heavy atom. The van der Waals surface area contributed by atoms with Gasteiger partial charge in [0.1, 0.15) is 0 Å². The van der Waals surface area contributed by atoms with Crippen LogP contribution >= 0.6 is 12.4 Å². The zero-order valence-corrected chi connectivity index (χ0v) is 16.2. The number of nitrogens with one attached hydrogen (secondary N) is 2. The molecule has 1 aromatic carbocycles. The molecule has 2 N–H and O–H groups in total. The predicted molar refractivity (Wildman–Crippen MR) is 106 cm³/mol. The molecule has 26 heavy (non-hydrogen) atoms. The second-order valence-corrected chi connectivity index (χ2v) is 6.96. The maximum atomic E-state index is 12.2. The van der Waals surface area contributed by atoms with Gasteiger partial charge in [-0.1, -0.05) is 12.1 Å². The number of nitrogens with zero attached hydrogens (tertiary/aromatic N) is 2. The number of amides is 2. The number of rotatable bonds is 6. The Bertz CT molecular complexity index is 608. The number of likely N-dealkylation sites (N-methyl/N-ethyl adjacent to an activating group) is 1. The summed E-state index contributed by atoms with van der Waals surface area (Å²) in [5.41, 5.74) is 2.00. The maximum Gasteiger partial charge on any atom is 0.234 e. The molecule has 2 aliphatic heterocycles. The van der Waals surface area contributed by atoms with Crippen LogP contribution in [-0.2, 0) is 16.1 Å².